The average Bonchev–Trinajstić information content (AvgIpc) is 2.74. The summed E-state index contributed by atoms with van der Waals surface area (Å²) >= 11 is 0. The Morgan fingerprint density at radius 1 is 1.24 bits per heavy atom. The molecule has 92 valence electrons. The first-order valence-corrected chi connectivity index (χ1v) is 6.53. The molecule has 3 nitrogen and oxygen atoms in total. The molecule has 0 spiro atoms. The van der Waals surface area contributed by atoms with E-state index in [0.29, 0.717) is 6.04 Å². The van der Waals surface area contributed by atoms with Crippen molar-refractivity contribution in [1.29, 1.82) is 0 Å². The number of hydrogen-bond donors (Lipinski definition) is 1. The van der Waals surface area contributed by atoms with Crippen LogP contribution in [0.1, 0.15) is 11.1 Å². The van der Waals surface area contributed by atoms with Crippen LogP contribution in [-0.2, 0) is 13.1 Å². The fourth-order valence-electron chi connectivity index (χ4n) is 2.90. The van der Waals surface area contributed by atoms with Crippen molar-refractivity contribution >= 4 is 0 Å². The van der Waals surface area contributed by atoms with Crippen LogP contribution in [0.3, 0.4) is 0 Å². The number of fused-ring (bicyclic) bond motifs is 1. The summed E-state index contributed by atoms with van der Waals surface area (Å²) in [6.07, 6.45) is 0. The fourth-order valence-corrected chi connectivity index (χ4v) is 2.90. The van der Waals surface area contributed by atoms with Crippen LogP contribution in [0.5, 0.6) is 0 Å². The predicted octanol–water partition coefficient (Wildman–Crippen LogP) is 0.906. The molecule has 0 saturated carbocycles. The molecule has 0 aliphatic carbocycles. The summed E-state index contributed by atoms with van der Waals surface area (Å²) in [6.45, 7) is 6.86. The highest BCUT2D eigenvalue weighted by molar-refractivity contribution is 5.30. The zero-order valence-electron chi connectivity index (χ0n) is 10.5. The minimum absolute atomic E-state index is 0.665. The molecule has 3 heteroatoms. The molecular formula is C14H21N3. The zero-order chi connectivity index (χ0) is 11.7. The highest BCUT2D eigenvalue weighted by Crippen LogP contribution is 2.22. The van der Waals surface area contributed by atoms with Crippen LogP contribution in [0.25, 0.3) is 0 Å². The van der Waals surface area contributed by atoms with Crippen molar-refractivity contribution in [1.82, 2.24) is 15.1 Å². The van der Waals surface area contributed by atoms with Crippen LogP contribution < -0.4 is 5.32 Å². The molecule has 1 aromatic carbocycles. The van der Waals surface area contributed by atoms with Crippen molar-refractivity contribution in [3.8, 4) is 0 Å². The molecule has 1 unspecified atom stereocenters. The Labute approximate surface area is 103 Å². The molecule has 0 bridgehead atoms. The second-order valence-electron chi connectivity index (χ2n) is 5.28. The van der Waals surface area contributed by atoms with Gasteiger partial charge in [0.05, 0.1) is 0 Å². The summed E-state index contributed by atoms with van der Waals surface area (Å²) in [5.41, 5.74) is 3.03. The van der Waals surface area contributed by atoms with E-state index in [-0.39, 0.29) is 0 Å². The van der Waals surface area contributed by atoms with Crippen LogP contribution in [0.4, 0.5) is 0 Å². The fraction of sp³-hybridized carbons (Fsp3) is 0.571. The van der Waals surface area contributed by atoms with Crippen LogP contribution in [0, 0.1) is 0 Å². The van der Waals surface area contributed by atoms with Crippen molar-refractivity contribution in [2.75, 3.05) is 33.2 Å². The SMILES string of the molecule is CN1CCNCC1CN1Cc2ccccc2C1. The van der Waals surface area contributed by atoms with Crippen LogP contribution in [0.2, 0.25) is 0 Å². The first kappa shape index (κ1) is 11.2. The Morgan fingerprint density at radius 3 is 2.59 bits per heavy atom. The Kier molecular flexibility index (Phi) is 3.14. The van der Waals surface area contributed by atoms with E-state index in [1.54, 1.807) is 0 Å². The molecule has 1 saturated heterocycles. The predicted molar refractivity (Wildman–Crippen MR) is 69.8 cm³/mol. The van der Waals surface area contributed by atoms with Gasteiger partial charge in [0.1, 0.15) is 0 Å². The van der Waals surface area contributed by atoms with Gasteiger partial charge in [0.15, 0.2) is 0 Å². The minimum atomic E-state index is 0.665. The maximum absolute atomic E-state index is 3.49. The van der Waals surface area contributed by atoms with Gasteiger partial charge in [-0.1, -0.05) is 24.3 Å². The Hall–Kier alpha value is -0.900. The highest BCUT2D eigenvalue weighted by Gasteiger charge is 2.24. The molecule has 1 aromatic rings. The lowest BCUT2D eigenvalue weighted by molar-refractivity contribution is 0.138. The van der Waals surface area contributed by atoms with Crippen LogP contribution in [0.15, 0.2) is 24.3 Å². The van der Waals surface area contributed by atoms with Gasteiger partial charge in [0.25, 0.3) is 0 Å². The first-order valence-electron chi connectivity index (χ1n) is 6.53. The molecule has 2 heterocycles. The molecule has 17 heavy (non-hydrogen) atoms. The topological polar surface area (TPSA) is 18.5 Å². The van der Waals surface area contributed by atoms with E-state index in [2.05, 4.69) is 46.4 Å². The standard InChI is InChI=1S/C14H21N3/c1-16-7-6-15-8-14(16)11-17-9-12-4-2-3-5-13(12)10-17/h2-5,14-15H,6-11H2,1H3. The van der Waals surface area contributed by atoms with Crippen molar-refractivity contribution in [3.63, 3.8) is 0 Å². The second kappa shape index (κ2) is 4.77. The number of hydrogen-bond acceptors (Lipinski definition) is 3. The Balaban J connectivity index is 1.61. The quantitative estimate of drug-likeness (QED) is 0.816. The van der Waals surface area contributed by atoms with Gasteiger partial charge in [-0.2, -0.15) is 0 Å². The summed E-state index contributed by atoms with van der Waals surface area (Å²) in [7, 11) is 2.24. The molecule has 2 aliphatic heterocycles. The monoisotopic (exact) mass is 231 g/mol. The van der Waals surface area contributed by atoms with Gasteiger partial charge in [-0.3, -0.25) is 9.80 Å². The summed E-state index contributed by atoms with van der Waals surface area (Å²) in [6, 6.07) is 9.49. The molecule has 1 fully saturated rings. The lowest BCUT2D eigenvalue weighted by Crippen LogP contribution is -2.53. The molecular weight excluding hydrogens is 210 g/mol. The lowest BCUT2D eigenvalue weighted by atomic mass is 10.1. The Bertz CT molecular complexity index is 366. The van der Waals surface area contributed by atoms with Gasteiger partial charge < -0.3 is 5.32 Å². The largest absolute Gasteiger partial charge is 0.314 e. The number of benzene rings is 1. The van der Waals surface area contributed by atoms with Crippen LogP contribution >= 0.6 is 0 Å². The van der Waals surface area contributed by atoms with Gasteiger partial charge in [0, 0.05) is 45.3 Å². The number of likely N-dealkylation sites (N-methyl/N-ethyl adjacent to an activating group) is 1. The lowest BCUT2D eigenvalue weighted by Gasteiger charge is -2.35. The number of nitrogens with zero attached hydrogens (tertiary/aromatic N) is 2. The maximum atomic E-state index is 3.49. The maximum Gasteiger partial charge on any atom is 0.0345 e. The summed E-state index contributed by atoms with van der Waals surface area (Å²) in [4.78, 5) is 5.05. The minimum Gasteiger partial charge on any atom is -0.314 e. The molecule has 0 amide bonds. The number of nitrogens with one attached hydrogen (secondary N) is 1. The second-order valence-corrected chi connectivity index (χ2v) is 5.28. The average molecular weight is 231 g/mol. The van der Waals surface area contributed by atoms with E-state index in [9.17, 15) is 0 Å². The smallest absolute Gasteiger partial charge is 0.0345 e. The van der Waals surface area contributed by atoms with Crippen molar-refractivity contribution < 1.29 is 0 Å². The van der Waals surface area contributed by atoms with Gasteiger partial charge >= 0.3 is 0 Å². The zero-order valence-corrected chi connectivity index (χ0v) is 10.5. The van der Waals surface area contributed by atoms with E-state index in [0.717, 1.165) is 26.2 Å². The molecule has 1 atom stereocenters. The van der Waals surface area contributed by atoms with E-state index >= 15 is 0 Å². The van der Waals surface area contributed by atoms with Gasteiger partial charge in [-0.25, -0.2) is 0 Å². The van der Waals surface area contributed by atoms with E-state index in [1.165, 1.54) is 24.2 Å². The van der Waals surface area contributed by atoms with Gasteiger partial charge in [-0.05, 0) is 18.2 Å². The third kappa shape index (κ3) is 2.37. The van der Waals surface area contributed by atoms with Crippen molar-refractivity contribution in [2.45, 2.75) is 19.1 Å². The summed E-state index contributed by atoms with van der Waals surface area (Å²) < 4.78 is 0. The Morgan fingerprint density at radius 2 is 1.94 bits per heavy atom. The van der Waals surface area contributed by atoms with Crippen LogP contribution in [-0.4, -0.2) is 49.1 Å². The van der Waals surface area contributed by atoms with E-state index < -0.39 is 0 Å². The van der Waals surface area contributed by atoms with Crippen molar-refractivity contribution in [3.05, 3.63) is 35.4 Å². The van der Waals surface area contributed by atoms with Crippen molar-refractivity contribution in [2.24, 2.45) is 0 Å². The molecule has 0 aromatic heterocycles. The molecule has 3 rings (SSSR count). The first-order chi connectivity index (χ1) is 8.33. The third-order valence-electron chi connectivity index (χ3n) is 4.02. The molecule has 1 N–H and O–H groups in total. The van der Waals surface area contributed by atoms with E-state index in [4.69, 9.17) is 0 Å². The van der Waals surface area contributed by atoms with E-state index in [1.807, 2.05) is 0 Å². The summed E-state index contributed by atoms with van der Waals surface area (Å²) in [5.74, 6) is 0. The summed E-state index contributed by atoms with van der Waals surface area (Å²) in [5, 5.41) is 3.49. The van der Waals surface area contributed by atoms with Gasteiger partial charge in [-0.15, -0.1) is 0 Å². The highest BCUT2D eigenvalue weighted by atomic mass is 15.2. The van der Waals surface area contributed by atoms with Gasteiger partial charge in [0.2, 0.25) is 0 Å². The third-order valence-corrected chi connectivity index (χ3v) is 4.02. The number of piperazine rings is 1. The normalized spacial score (nSPS) is 26.1. The molecule has 2 aliphatic rings. The number of rotatable bonds is 2. The molecule has 0 radical (unpaired) electrons.